The summed E-state index contributed by atoms with van der Waals surface area (Å²) in [5.74, 6) is 0.877. The van der Waals surface area contributed by atoms with Gasteiger partial charge >= 0.3 is 26.2 Å². The minimum absolute atomic E-state index is 0. The van der Waals surface area contributed by atoms with E-state index in [1.165, 1.54) is 33.4 Å². The maximum absolute atomic E-state index is 2.42. The zero-order valence-corrected chi connectivity index (χ0v) is 19.0. The van der Waals surface area contributed by atoms with Crippen LogP contribution in [0.2, 0.25) is 0 Å². The molecule has 2 atom stereocenters. The van der Waals surface area contributed by atoms with Crippen LogP contribution in [0.15, 0.2) is 72.3 Å². The van der Waals surface area contributed by atoms with Crippen molar-refractivity contribution in [3.8, 4) is 0 Å². The van der Waals surface area contributed by atoms with Crippen LogP contribution in [-0.4, -0.2) is 0 Å². The van der Waals surface area contributed by atoms with Crippen molar-refractivity contribution < 1.29 is 51.0 Å². The third-order valence-corrected chi connectivity index (χ3v) is 5.24. The molecule has 4 rings (SSSR count). The van der Waals surface area contributed by atoms with Gasteiger partial charge in [-0.05, 0) is 48.1 Å². The Morgan fingerprint density at radius 3 is 2.27 bits per heavy atom. The first-order chi connectivity index (χ1) is 11.3. The van der Waals surface area contributed by atoms with Gasteiger partial charge in [-0.2, -0.15) is 0 Å². The van der Waals surface area contributed by atoms with E-state index < -0.39 is 0 Å². The number of fused-ring (bicyclic) bond motifs is 1. The number of aryl methyl sites for hydroxylation is 2. The second-order valence-corrected chi connectivity index (χ2v) is 6.67. The summed E-state index contributed by atoms with van der Waals surface area (Å²) in [6.07, 6.45) is 12.6. The minimum Gasteiger partial charge on any atom is -1.00 e. The van der Waals surface area contributed by atoms with E-state index >= 15 is 0 Å². The van der Waals surface area contributed by atoms with Crippen molar-refractivity contribution >= 4 is 6.08 Å². The van der Waals surface area contributed by atoms with Gasteiger partial charge in [0.2, 0.25) is 0 Å². The fraction of sp³-hybridized carbons (Fsp3) is 0.217. The number of benzene rings is 2. The Morgan fingerprint density at radius 1 is 0.923 bits per heavy atom. The summed E-state index contributed by atoms with van der Waals surface area (Å²) < 4.78 is 0. The zero-order valence-electron chi connectivity index (χ0n) is 15.0. The molecule has 2 aromatic carbocycles. The van der Waals surface area contributed by atoms with E-state index in [2.05, 4.69) is 86.7 Å². The fourth-order valence-electron chi connectivity index (χ4n) is 4.10. The van der Waals surface area contributed by atoms with E-state index in [9.17, 15) is 0 Å². The van der Waals surface area contributed by atoms with Gasteiger partial charge in [-0.15, -0.1) is 0 Å². The molecule has 2 aromatic rings. The molecule has 0 N–H and O–H groups in total. The smallest absolute Gasteiger partial charge is 1.00 e. The molecule has 3 heteroatoms. The number of allylic oxidation sites excluding steroid dienone is 5. The first-order valence-corrected chi connectivity index (χ1v) is 8.44. The Hall–Kier alpha value is -0.877. The Balaban J connectivity index is 0.00000113. The van der Waals surface area contributed by atoms with Crippen molar-refractivity contribution in [1.82, 2.24) is 0 Å². The largest absolute Gasteiger partial charge is 2.00 e. The molecule has 132 valence electrons. The van der Waals surface area contributed by atoms with Crippen LogP contribution in [0.1, 0.15) is 46.1 Å². The molecule has 0 amide bonds. The summed E-state index contributed by atoms with van der Waals surface area (Å²) >= 11 is 0. The summed E-state index contributed by atoms with van der Waals surface area (Å²) in [6.45, 7) is 4.47. The van der Waals surface area contributed by atoms with Gasteiger partial charge < -0.3 is 24.8 Å². The number of hydrogen-bond donors (Lipinski definition) is 0. The molecule has 2 aliphatic rings. The van der Waals surface area contributed by atoms with Crippen molar-refractivity contribution in [3.05, 3.63) is 100 Å². The van der Waals surface area contributed by atoms with Crippen molar-refractivity contribution in [3.63, 3.8) is 0 Å². The molecule has 0 nitrogen and oxygen atoms in total. The van der Waals surface area contributed by atoms with E-state index in [-0.39, 0.29) is 51.0 Å². The zero-order chi connectivity index (χ0) is 15.8. The Labute approximate surface area is 188 Å². The Morgan fingerprint density at radius 2 is 1.62 bits per heavy atom. The minimum atomic E-state index is 0. The summed E-state index contributed by atoms with van der Waals surface area (Å²) in [5.41, 5.74) is 8.70. The van der Waals surface area contributed by atoms with Gasteiger partial charge in [0.15, 0.2) is 0 Å². The van der Waals surface area contributed by atoms with E-state index in [1.807, 2.05) is 0 Å². The van der Waals surface area contributed by atoms with Crippen molar-refractivity contribution in [2.24, 2.45) is 0 Å². The predicted octanol–water partition coefficient (Wildman–Crippen LogP) is 0.0894. The molecular weight excluding hydrogens is 438 g/mol. The maximum atomic E-state index is 2.42. The predicted molar refractivity (Wildman–Crippen MR) is 98.7 cm³/mol. The van der Waals surface area contributed by atoms with Gasteiger partial charge in [-0.1, -0.05) is 78.4 Å². The van der Waals surface area contributed by atoms with E-state index in [0.29, 0.717) is 11.8 Å². The number of rotatable bonds is 3. The third kappa shape index (κ3) is 4.17. The van der Waals surface area contributed by atoms with Crippen LogP contribution in [0.25, 0.3) is 6.08 Å². The maximum Gasteiger partial charge on any atom is 2.00 e. The van der Waals surface area contributed by atoms with Crippen LogP contribution in [0.5, 0.6) is 0 Å². The van der Waals surface area contributed by atoms with Gasteiger partial charge in [0.25, 0.3) is 0 Å². The molecule has 0 aromatic heterocycles. The molecule has 0 aliphatic heterocycles. The van der Waals surface area contributed by atoms with Gasteiger partial charge in [-0.25, -0.2) is 0 Å². The van der Waals surface area contributed by atoms with Gasteiger partial charge in [0, 0.05) is 11.8 Å². The molecule has 26 heavy (non-hydrogen) atoms. The van der Waals surface area contributed by atoms with Crippen LogP contribution in [0.3, 0.4) is 0 Å². The quantitative estimate of drug-likeness (QED) is 0.609. The normalized spacial score (nSPS) is 17.5. The van der Waals surface area contributed by atoms with Crippen LogP contribution < -0.4 is 24.8 Å². The van der Waals surface area contributed by atoms with E-state index in [4.69, 9.17) is 0 Å². The molecular formula is C23H22Cl2Zr. The molecule has 0 radical (unpaired) electrons. The molecule has 0 heterocycles. The van der Waals surface area contributed by atoms with Crippen LogP contribution in [-0.2, 0) is 26.2 Å². The van der Waals surface area contributed by atoms with Crippen molar-refractivity contribution in [1.29, 1.82) is 0 Å². The van der Waals surface area contributed by atoms with E-state index in [0.717, 1.165) is 6.42 Å². The second-order valence-electron chi connectivity index (χ2n) is 6.67. The summed E-state index contributed by atoms with van der Waals surface area (Å²) in [5, 5.41) is 0. The monoisotopic (exact) mass is 458 g/mol. The standard InChI is InChI=1S/C23H22.2ClH.Zr/c1-16-12-13-17(2)22-20(16)14-15-21(22)23(19-10-6-7-11-19)18-8-4-3-5-9-18;;;/h3-10,12-15,21,23H,11H2,1-2H3;2*1H;/q;;;+2/p-2. The van der Waals surface area contributed by atoms with Crippen molar-refractivity contribution in [2.75, 3.05) is 0 Å². The van der Waals surface area contributed by atoms with Gasteiger partial charge in [-0.3, -0.25) is 0 Å². The number of hydrogen-bond acceptors (Lipinski definition) is 0. The molecule has 2 unspecified atom stereocenters. The second kappa shape index (κ2) is 9.88. The molecule has 0 saturated heterocycles. The van der Waals surface area contributed by atoms with Gasteiger partial charge in [0.05, 0.1) is 0 Å². The average Bonchev–Trinajstić information content (AvgIpc) is 3.24. The van der Waals surface area contributed by atoms with Gasteiger partial charge in [0.1, 0.15) is 0 Å². The number of halogens is 2. The molecule has 0 fully saturated rings. The summed E-state index contributed by atoms with van der Waals surface area (Å²) in [7, 11) is 0. The Kier molecular flexibility index (Phi) is 8.81. The molecule has 0 spiro atoms. The third-order valence-electron chi connectivity index (χ3n) is 5.24. The first kappa shape index (κ1) is 23.2. The van der Waals surface area contributed by atoms with Crippen LogP contribution in [0, 0.1) is 13.8 Å². The van der Waals surface area contributed by atoms with Crippen LogP contribution >= 0.6 is 0 Å². The first-order valence-electron chi connectivity index (χ1n) is 8.44. The van der Waals surface area contributed by atoms with Crippen molar-refractivity contribution in [2.45, 2.75) is 32.1 Å². The summed E-state index contributed by atoms with van der Waals surface area (Å²) in [4.78, 5) is 0. The average molecular weight is 461 g/mol. The molecule has 0 saturated carbocycles. The van der Waals surface area contributed by atoms with E-state index in [1.54, 1.807) is 0 Å². The molecule has 2 aliphatic carbocycles. The Bertz CT molecular complexity index is 835. The van der Waals surface area contributed by atoms with Crippen LogP contribution in [0.4, 0.5) is 0 Å². The fourth-order valence-corrected chi connectivity index (χ4v) is 4.10. The molecule has 0 bridgehead atoms. The SMILES string of the molecule is Cc1ccc(C)c2c1C=CC2C(C1=CC=CC1)c1ccccc1.[Cl-].[Cl-].[Zr+2]. The summed E-state index contributed by atoms with van der Waals surface area (Å²) in [6, 6.07) is 15.5. The topological polar surface area (TPSA) is 0 Å².